The Bertz CT molecular complexity index is 397. The average molecular weight is 248 g/mol. The van der Waals surface area contributed by atoms with E-state index in [0.717, 1.165) is 6.42 Å². The van der Waals surface area contributed by atoms with Crippen molar-refractivity contribution in [2.45, 2.75) is 45.6 Å². The van der Waals surface area contributed by atoms with Crippen molar-refractivity contribution in [3.05, 3.63) is 35.4 Å². The van der Waals surface area contributed by atoms with Gasteiger partial charge in [-0.05, 0) is 31.7 Å². The second-order valence-corrected chi connectivity index (χ2v) is 4.86. The predicted molar refractivity (Wildman–Crippen MR) is 75.4 cm³/mol. The summed E-state index contributed by atoms with van der Waals surface area (Å²) in [6.45, 7) is 6.61. The molecule has 0 bridgehead atoms. The third-order valence-corrected chi connectivity index (χ3v) is 3.50. The number of hydrogen-bond acceptors (Lipinski definition) is 2. The standard InChI is InChI=1S/C15H24N2O/c1-4-15(16,5-2)14(18)17-10-9-13-8-6-7-12(3)11-13/h6-8,11H,4-5,9-10,16H2,1-3H3,(H,17,18). The second kappa shape index (κ2) is 6.55. The highest BCUT2D eigenvalue weighted by Crippen LogP contribution is 2.11. The number of hydrogen-bond donors (Lipinski definition) is 2. The molecule has 1 aromatic carbocycles. The Hall–Kier alpha value is -1.35. The van der Waals surface area contributed by atoms with Crippen LogP contribution in [0.15, 0.2) is 24.3 Å². The Morgan fingerprint density at radius 3 is 2.56 bits per heavy atom. The van der Waals surface area contributed by atoms with Crippen LogP contribution in [0.3, 0.4) is 0 Å². The van der Waals surface area contributed by atoms with Gasteiger partial charge in [0.05, 0.1) is 5.54 Å². The second-order valence-electron chi connectivity index (χ2n) is 4.86. The third-order valence-electron chi connectivity index (χ3n) is 3.50. The lowest BCUT2D eigenvalue weighted by molar-refractivity contribution is -0.126. The molecule has 3 nitrogen and oxygen atoms in total. The molecule has 0 unspecified atom stereocenters. The topological polar surface area (TPSA) is 55.1 Å². The third kappa shape index (κ3) is 3.84. The van der Waals surface area contributed by atoms with Gasteiger partial charge >= 0.3 is 0 Å². The number of rotatable bonds is 6. The van der Waals surface area contributed by atoms with Crippen molar-refractivity contribution in [2.24, 2.45) is 5.73 Å². The van der Waals surface area contributed by atoms with Crippen LogP contribution in [-0.4, -0.2) is 18.0 Å². The number of amides is 1. The highest BCUT2D eigenvalue weighted by Gasteiger charge is 2.29. The van der Waals surface area contributed by atoms with Crippen molar-refractivity contribution in [3.8, 4) is 0 Å². The van der Waals surface area contributed by atoms with Crippen LogP contribution in [0.2, 0.25) is 0 Å². The van der Waals surface area contributed by atoms with Crippen molar-refractivity contribution in [2.75, 3.05) is 6.54 Å². The van der Waals surface area contributed by atoms with Crippen LogP contribution >= 0.6 is 0 Å². The first kappa shape index (κ1) is 14.7. The molecule has 0 heterocycles. The van der Waals surface area contributed by atoms with E-state index in [2.05, 4.69) is 30.4 Å². The highest BCUT2D eigenvalue weighted by atomic mass is 16.2. The molecule has 0 aliphatic heterocycles. The lowest BCUT2D eigenvalue weighted by Gasteiger charge is -2.25. The van der Waals surface area contributed by atoms with E-state index in [9.17, 15) is 4.79 Å². The largest absolute Gasteiger partial charge is 0.354 e. The van der Waals surface area contributed by atoms with E-state index in [1.807, 2.05) is 19.9 Å². The fourth-order valence-corrected chi connectivity index (χ4v) is 1.94. The van der Waals surface area contributed by atoms with Gasteiger partial charge in [0.2, 0.25) is 5.91 Å². The van der Waals surface area contributed by atoms with Crippen LogP contribution in [0.4, 0.5) is 0 Å². The molecule has 0 aliphatic carbocycles. The first-order chi connectivity index (χ1) is 8.51. The molecule has 0 aromatic heterocycles. The molecule has 0 radical (unpaired) electrons. The van der Waals surface area contributed by atoms with Crippen LogP contribution in [0.5, 0.6) is 0 Å². The molecule has 0 saturated heterocycles. The molecule has 0 spiro atoms. The molecular formula is C15H24N2O. The van der Waals surface area contributed by atoms with Crippen molar-refractivity contribution in [3.63, 3.8) is 0 Å². The Balaban J connectivity index is 2.45. The first-order valence-corrected chi connectivity index (χ1v) is 6.64. The number of carbonyl (C=O) groups excluding carboxylic acids is 1. The molecule has 0 saturated carbocycles. The number of nitrogens with two attached hydrogens (primary N) is 1. The minimum Gasteiger partial charge on any atom is -0.354 e. The molecule has 1 rings (SSSR count). The van der Waals surface area contributed by atoms with E-state index < -0.39 is 5.54 Å². The van der Waals surface area contributed by atoms with Crippen molar-refractivity contribution < 1.29 is 4.79 Å². The molecular weight excluding hydrogens is 224 g/mol. The quantitative estimate of drug-likeness (QED) is 0.810. The molecule has 0 atom stereocenters. The maximum absolute atomic E-state index is 11.9. The van der Waals surface area contributed by atoms with Gasteiger partial charge in [0.1, 0.15) is 0 Å². The maximum atomic E-state index is 11.9. The molecule has 3 N–H and O–H groups in total. The predicted octanol–water partition coefficient (Wildman–Crippen LogP) is 2.17. The number of nitrogens with one attached hydrogen (secondary N) is 1. The van der Waals surface area contributed by atoms with E-state index in [-0.39, 0.29) is 5.91 Å². The average Bonchev–Trinajstić information content (AvgIpc) is 2.37. The molecule has 100 valence electrons. The van der Waals surface area contributed by atoms with Gasteiger partial charge in [-0.25, -0.2) is 0 Å². The summed E-state index contributed by atoms with van der Waals surface area (Å²) in [5, 5.41) is 2.93. The van der Waals surface area contributed by atoms with Gasteiger partial charge in [-0.1, -0.05) is 43.7 Å². The van der Waals surface area contributed by atoms with E-state index in [0.29, 0.717) is 19.4 Å². The maximum Gasteiger partial charge on any atom is 0.240 e. The number of benzene rings is 1. The van der Waals surface area contributed by atoms with Crippen molar-refractivity contribution >= 4 is 5.91 Å². The summed E-state index contributed by atoms with van der Waals surface area (Å²) in [7, 11) is 0. The van der Waals surface area contributed by atoms with Gasteiger partial charge in [-0.15, -0.1) is 0 Å². The molecule has 1 amide bonds. The zero-order valence-corrected chi connectivity index (χ0v) is 11.6. The zero-order chi connectivity index (χ0) is 13.6. The SMILES string of the molecule is CCC(N)(CC)C(=O)NCCc1cccc(C)c1. The Morgan fingerprint density at radius 2 is 2.00 bits per heavy atom. The van der Waals surface area contributed by atoms with Gasteiger partial charge in [-0.2, -0.15) is 0 Å². The summed E-state index contributed by atoms with van der Waals surface area (Å²) >= 11 is 0. The molecule has 0 fully saturated rings. The fraction of sp³-hybridized carbons (Fsp3) is 0.533. The fourth-order valence-electron chi connectivity index (χ4n) is 1.94. The van der Waals surface area contributed by atoms with Crippen LogP contribution in [0.1, 0.15) is 37.8 Å². The molecule has 18 heavy (non-hydrogen) atoms. The minimum atomic E-state index is -0.716. The smallest absolute Gasteiger partial charge is 0.240 e. The summed E-state index contributed by atoms with van der Waals surface area (Å²) in [4.78, 5) is 11.9. The van der Waals surface area contributed by atoms with Crippen molar-refractivity contribution in [1.29, 1.82) is 0 Å². The summed E-state index contributed by atoms with van der Waals surface area (Å²) in [5.41, 5.74) is 7.80. The van der Waals surface area contributed by atoms with Crippen molar-refractivity contribution in [1.82, 2.24) is 5.32 Å². The van der Waals surface area contributed by atoms with Gasteiger partial charge in [-0.3, -0.25) is 4.79 Å². The summed E-state index contributed by atoms with van der Waals surface area (Å²) in [6.07, 6.45) is 2.18. The van der Waals surface area contributed by atoms with Crippen LogP contribution < -0.4 is 11.1 Å². The van der Waals surface area contributed by atoms with Gasteiger partial charge in [0.25, 0.3) is 0 Å². The zero-order valence-electron chi connectivity index (χ0n) is 11.6. The van der Waals surface area contributed by atoms with Gasteiger partial charge in [0, 0.05) is 6.54 Å². The van der Waals surface area contributed by atoms with Crippen LogP contribution in [-0.2, 0) is 11.2 Å². The summed E-state index contributed by atoms with van der Waals surface area (Å²) in [6, 6.07) is 8.33. The molecule has 0 aliphatic rings. The normalized spacial score (nSPS) is 11.3. The van der Waals surface area contributed by atoms with E-state index >= 15 is 0 Å². The number of carbonyl (C=O) groups is 1. The monoisotopic (exact) mass is 248 g/mol. The van der Waals surface area contributed by atoms with Gasteiger partial charge < -0.3 is 11.1 Å². The molecule has 3 heteroatoms. The van der Waals surface area contributed by atoms with E-state index in [4.69, 9.17) is 5.73 Å². The minimum absolute atomic E-state index is 0.0415. The summed E-state index contributed by atoms with van der Waals surface area (Å²) in [5.74, 6) is -0.0415. The Labute approximate surface area is 110 Å². The lowest BCUT2D eigenvalue weighted by Crippen LogP contribution is -2.53. The highest BCUT2D eigenvalue weighted by molar-refractivity contribution is 5.85. The van der Waals surface area contributed by atoms with E-state index in [1.165, 1.54) is 11.1 Å². The summed E-state index contributed by atoms with van der Waals surface area (Å²) < 4.78 is 0. The lowest BCUT2D eigenvalue weighted by atomic mass is 9.93. The van der Waals surface area contributed by atoms with Crippen LogP contribution in [0.25, 0.3) is 0 Å². The first-order valence-electron chi connectivity index (χ1n) is 6.64. The van der Waals surface area contributed by atoms with Gasteiger partial charge in [0.15, 0.2) is 0 Å². The Morgan fingerprint density at radius 1 is 1.33 bits per heavy atom. The van der Waals surface area contributed by atoms with E-state index in [1.54, 1.807) is 0 Å². The number of aryl methyl sites for hydroxylation is 1. The Kier molecular flexibility index (Phi) is 5.35. The molecule has 1 aromatic rings. The van der Waals surface area contributed by atoms with Crippen LogP contribution in [0, 0.1) is 6.92 Å².